The monoisotopic (exact) mass is 588 g/mol. The number of nitrogens with one attached hydrogen (secondary N) is 1. The van der Waals surface area contributed by atoms with Crippen LogP contribution in [0, 0.1) is 31.6 Å². The van der Waals surface area contributed by atoms with Gasteiger partial charge in [-0.2, -0.15) is 0 Å². The predicted octanol–water partition coefficient (Wildman–Crippen LogP) is 6.80. The standard InChI is InChI=1S/C19H21N3O3S.C11H24O.CH3NO/c1-10(2)25-15-7-6-13-18(26-12(4)21-13)17(15)19(23)22-14-9-20-16(24-5)8-11(14)3;1-6-10(3)11(4)7-9(2)8-12-5;2-1-3/h6-10H,1-5H3,(H,22,23);9-11H,6-8H2,1-5H3;1H,(H2,2,3). The molecule has 0 radical (unpaired) electrons. The maximum absolute atomic E-state index is 13.1. The van der Waals surface area contributed by atoms with Gasteiger partial charge >= 0.3 is 0 Å². The van der Waals surface area contributed by atoms with E-state index in [4.69, 9.17) is 19.0 Å². The molecular weight excluding hydrogens is 540 g/mol. The van der Waals surface area contributed by atoms with Crippen molar-refractivity contribution in [2.75, 3.05) is 26.1 Å². The second-order valence-electron chi connectivity index (χ2n) is 10.5. The third-order valence-corrected chi connectivity index (χ3v) is 7.60. The molecule has 0 spiro atoms. The smallest absolute Gasteiger partial charge is 0.261 e. The first-order valence-electron chi connectivity index (χ1n) is 13.9. The Hall–Kier alpha value is -3.24. The summed E-state index contributed by atoms with van der Waals surface area (Å²) in [6.45, 7) is 17.8. The van der Waals surface area contributed by atoms with Crippen LogP contribution in [0.2, 0.25) is 0 Å². The summed E-state index contributed by atoms with van der Waals surface area (Å²) >= 11 is 1.48. The van der Waals surface area contributed by atoms with Crippen molar-refractivity contribution in [1.29, 1.82) is 0 Å². The van der Waals surface area contributed by atoms with E-state index in [1.54, 1.807) is 32.5 Å². The van der Waals surface area contributed by atoms with Gasteiger partial charge in [-0.3, -0.25) is 9.59 Å². The quantitative estimate of drug-likeness (QED) is 0.236. The number of ether oxygens (including phenoxy) is 3. The van der Waals surface area contributed by atoms with Crippen LogP contribution in [0.3, 0.4) is 0 Å². The van der Waals surface area contributed by atoms with Gasteiger partial charge in [0.2, 0.25) is 12.3 Å². The highest BCUT2D eigenvalue weighted by atomic mass is 32.1. The number of benzene rings is 1. The van der Waals surface area contributed by atoms with Crippen molar-refractivity contribution in [1.82, 2.24) is 9.97 Å². The van der Waals surface area contributed by atoms with Gasteiger partial charge < -0.3 is 25.3 Å². The van der Waals surface area contributed by atoms with Gasteiger partial charge in [0.15, 0.2) is 0 Å². The molecule has 2 aromatic heterocycles. The van der Waals surface area contributed by atoms with E-state index in [-0.39, 0.29) is 18.4 Å². The average Bonchev–Trinajstić information content (AvgIpc) is 3.29. The summed E-state index contributed by atoms with van der Waals surface area (Å²) in [5.41, 5.74) is 6.95. The summed E-state index contributed by atoms with van der Waals surface area (Å²) < 4.78 is 16.9. The van der Waals surface area contributed by atoms with Gasteiger partial charge in [-0.1, -0.05) is 34.1 Å². The minimum atomic E-state index is -0.245. The summed E-state index contributed by atoms with van der Waals surface area (Å²) in [6, 6.07) is 5.46. The first kappa shape index (κ1) is 35.8. The Morgan fingerprint density at radius 3 is 2.32 bits per heavy atom. The zero-order valence-corrected chi connectivity index (χ0v) is 27.1. The summed E-state index contributed by atoms with van der Waals surface area (Å²) in [5, 5.41) is 3.84. The molecule has 0 aliphatic carbocycles. The van der Waals surface area contributed by atoms with Gasteiger partial charge in [-0.15, -0.1) is 11.3 Å². The Labute approximate surface area is 249 Å². The second kappa shape index (κ2) is 18.2. The fourth-order valence-electron chi connectivity index (χ4n) is 4.23. The van der Waals surface area contributed by atoms with Crippen LogP contribution in [-0.2, 0) is 9.53 Å². The Morgan fingerprint density at radius 1 is 1.12 bits per heavy atom. The molecular formula is C31H48N4O5S. The molecule has 3 unspecified atom stereocenters. The van der Waals surface area contributed by atoms with Gasteiger partial charge in [-0.05, 0) is 69.6 Å². The van der Waals surface area contributed by atoms with E-state index in [1.807, 2.05) is 33.8 Å². The molecule has 2 heterocycles. The Balaban J connectivity index is 0.000000471. The summed E-state index contributed by atoms with van der Waals surface area (Å²) in [5.74, 6) is 3.20. The number of carbonyl (C=O) groups excluding carboxylic acids is 2. The number of aryl methyl sites for hydroxylation is 2. The molecule has 0 saturated heterocycles. The second-order valence-corrected chi connectivity index (χ2v) is 11.7. The fraction of sp³-hybridized carbons (Fsp3) is 0.548. The first-order valence-corrected chi connectivity index (χ1v) is 14.8. The van der Waals surface area contributed by atoms with Crippen molar-refractivity contribution >= 4 is 39.6 Å². The Bertz CT molecular complexity index is 1230. The number of hydrogen-bond acceptors (Lipinski definition) is 8. The zero-order chi connectivity index (χ0) is 31.1. The lowest BCUT2D eigenvalue weighted by molar-refractivity contribution is -0.106. The van der Waals surface area contributed by atoms with Crippen molar-refractivity contribution in [2.24, 2.45) is 23.5 Å². The zero-order valence-electron chi connectivity index (χ0n) is 26.2. The van der Waals surface area contributed by atoms with E-state index in [2.05, 4.69) is 48.7 Å². The number of hydrogen-bond donors (Lipinski definition) is 2. The first-order chi connectivity index (χ1) is 19.4. The van der Waals surface area contributed by atoms with Crippen LogP contribution >= 0.6 is 11.3 Å². The Morgan fingerprint density at radius 2 is 1.78 bits per heavy atom. The van der Waals surface area contributed by atoms with Gasteiger partial charge in [0.1, 0.15) is 11.3 Å². The van der Waals surface area contributed by atoms with Gasteiger partial charge in [0.25, 0.3) is 5.91 Å². The topological polar surface area (TPSA) is 126 Å². The molecule has 0 aliphatic rings. The highest BCUT2D eigenvalue weighted by Crippen LogP contribution is 2.34. The maximum atomic E-state index is 13.1. The van der Waals surface area contributed by atoms with Crippen LogP contribution in [-0.4, -0.2) is 49.2 Å². The molecule has 41 heavy (non-hydrogen) atoms. The third kappa shape index (κ3) is 11.6. The molecule has 3 aromatic rings. The summed E-state index contributed by atoms with van der Waals surface area (Å²) in [7, 11) is 3.34. The van der Waals surface area contributed by atoms with E-state index in [1.165, 1.54) is 24.2 Å². The number of methoxy groups -OCH3 is 2. The van der Waals surface area contributed by atoms with E-state index in [0.29, 0.717) is 28.8 Å². The van der Waals surface area contributed by atoms with Crippen molar-refractivity contribution in [2.45, 2.75) is 74.3 Å². The maximum Gasteiger partial charge on any atom is 0.261 e. The number of rotatable bonds is 11. The van der Waals surface area contributed by atoms with Gasteiger partial charge in [0, 0.05) is 19.8 Å². The largest absolute Gasteiger partial charge is 0.490 e. The molecule has 9 nitrogen and oxygen atoms in total. The van der Waals surface area contributed by atoms with Gasteiger partial charge in [0.05, 0.1) is 40.3 Å². The molecule has 0 aliphatic heterocycles. The van der Waals surface area contributed by atoms with Crippen LogP contribution < -0.4 is 20.5 Å². The molecule has 0 bridgehead atoms. The molecule has 3 N–H and O–H groups in total. The fourth-order valence-corrected chi connectivity index (χ4v) is 5.18. The van der Waals surface area contributed by atoms with Crippen LogP contribution in [0.5, 0.6) is 11.6 Å². The number of aromatic nitrogens is 2. The third-order valence-electron chi connectivity index (χ3n) is 6.60. The van der Waals surface area contributed by atoms with E-state index in [0.717, 1.165) is 39.2 Å². The number of nitrogens with two attached hydrogens (primary N) is 1. The number of pyridine rings is 1. The van der Waals surface area contributed by atoms with Crippen LogP contribution in [0.15, 0.2) is 24.4 Å². The number of carbonyl (C=O) groups is 2. The number of fused-ring (bicyclic) bond motifs is 1. The van der Waals surface area contributed by atoms with Crippen molar-refractivity contribution in [3.8, 4) is 11.6 Å². The lowest BCUT2D eigenvalue weighted by atomic mass is 9.86. The number of thiazole rings is 1. The molecule has 0 saturated carbocycles. The molecule has 3 atom stereocenters. The number of amides is 2. The average molecular weight is 589 g/mol. The number of anilines is 1. The van der Waals surface area contributed by atoms with Crippen molar-refractivity contribution in [3.05, 3.63) is 40.5 Å². The molecule has 2 amide bonds. The highest BCUT2D eigenvalue weighted by molar-refractivity contribution is 7.19. The van der Waals surface area contributed by atoms with Crippen molar-refractivity contribution in [3.63, 3.8) is 0 Å². The molecule has 228 valence electrons. The summed E-state index contributed by atoms with van der Waals surface area (Å²) in [6.07, 6.45) is 4.38. The van der Waals surface area contributed by atoms with Crippen LogP contribution in [0.25, 0.3) is 10.2 Å². The molecule has 3 rings (SSSR count). The van der Waals surface area contributed by atoms with E-state index < -0.39 is 0 Å². The normalized spacial score (nSPS) is 12.8. The number of nitrogens with zero attached hydrogens (tertiary/aromatic N) is 2. The number of primary amides is 1. The van der Waals surface area contributed by atoms with Crippen LogP contribution in [0.4, 0.5) is 5.69 Å². The highest BCUT2D eigenvalue weighted by Gasteiger charge is 2.21. The predicted molar refractivity (Wildman–Crippen MR) is 168 cm³/mol. The molecule has 1 aromatic carbocycles. The van der Waals surface area contributed by atoms with Crippen molar-refractivity contribution < 1.29 is 23.8 Å². The van der Waals surface area contributed by atoms with E-state index in [9.17, 15) is 4.79 Å². The Kier molecular flexibility index (Phi) is 15.9. The van der Waals surface area contributed by atoms with Crippen LogP contribution in [0.1, 0.15) is 75.3 Å². The minimum Gasteiger partial charge on any atom is -0.490 e. The van der Waals surface area contributed by atoms with E-state index >= 15 is 0 Å². The SMILES string of the molecule is CCC(C)C(C)CC(C)COC.COc1cc(C)c(NC(=O)c2c(OC(C)C)ccc3nc(C)sc23)cn1.NC=O. The molecule has 0 fully saturated rings. The summed E-state index contributed by atoms with van der Waals surface area (Å²) in [4.78, 5) is 30.3. The lowest BCUT2D eigenvalue weighted by Crippen LogP contribution is -2.16. The molecule has 10 heteroatoms. The minimum absolute atomic E-state index is 0.0441. The lowest BCUT2D eigenvalue weighted by Gasteiger charge is -2.21. The van der Waals surface area contributed by atoms with Gasteiger partial charge in [-0.25, -0.2) is 9.97 Å².